The number of nitrogens with one attached hydrogen (secondary N) is 2. The van der Waals surface area contributed by atoms with Crippen molar-refractivity contribution in [1.82, 2.24) is 9.97 Å². The second-order valence-electron chi connectivity index (χ2n) is 4.98. The number of halogens is 1. The summed E-state index contributed by atoms with van der Waals surface area (Å²) < 4.78 is 13.2. The molecule has 110 valence electrons. The average molecular weight is 295 g/mol. The van der Waals surface area contributed by atoms with Crippen LogP contribution < -0.4 is 10.9 Å². The number of H-pyrrole nitrogens is 1. The van der Waals surface area contributed by atoms with E-state index < -0.39 is 0 Å². The van der Waals surface area contributed by atoms with Crippen LogP contribution in [-0.2, 0) is 0 Å². The van der Waals surface area contributed by atoms with Crippen LogP contribution in [0.2, 0.25) is 0 Å². The van der Waals surface area contributed by atoms with Gasteiger partial charge < -0.3 is 5.32 Å². The molecule has 0 spiro atoms. The van der Waals surface area contributed by atoms with Gasteiger partial charge in [0.2, 0.25) is 5.95 Å². The fourth-order valence-corrected chi connectivity index (χ4v) is 2.09. The molecule has 0 saturated carbocycles. The van der Waals surface area contributed by atoms with Crippen LogP contribution in [0, 0.1) is 12.7 Å². The van der Waals surface area contributed by atoms with Crippen molar-refractivity contribution in [3.05, 3.63) is 76.3 Å². The van der Waals surface area contributed by atoms with E-state index in [1.54, 1.807) is 12.1 Å². The predicted octanol–water partition coefficient (Wildman–Crippen LogP) is 3.63. The average Bonchev–Trinajstić information content (AvgIpc) is 2.47. The molecule has 1 aromatic heterocycles. The summed E-state index contributed by atoms with van der Waals surface area (Å²) in [6.45, 7) is 1.99. The quantitative estimate of drug-likeness (QED) is 0.775. The van der Waals surface area contributed by atoms with Gasteiger partial charge in [-0.2, -0.15) is 0 Å². The number of rotatable bonds is 3. The Morgan fingerprint density at radius 1 is 1.09 bits per heavy atom. The van der Waals surface area contributed by atoms with Crippen molar-refractivity contribution < 1.29 is 4.39 Å². The summed E-state index contributed by atoms with van der Waals surface area (Å²) in [7, 11) is 0. The molecule has 5 heteroatoms. The maximum atomic E-state index is 13.2. The van der Waals surface area contributed by atoms with Crippen molar-refractivity contribution in [1.29, 1.82) is 0 Å². The Hall–Kier alpha value is -2.95. The molecule has 2 N–H and O–H groups in total. The summed E-state index contributed by atoms with van der Waals surface area (Å²) in [6, 6.07) is 15.1. The third-order valence-corrected chi connectivity index (χ3v) is 3.18. The van der Waals surface area contributed by atoms with Crippen molar-refractivity contribution >= 4 is 11.6 Å². The minimum Gasteiger partial charge on any atom is -0.326 e. The lowest BCUT2D eigenvalue weighted by Crippen LogP contribution is -2.10. The predicted molar refractivity (Wildman–Crippen MR) is 84.7 cm³/mol. The van der Waals surface area contributed by atoms with E-state index in [1.807, 2.05) is 31.2 Å². The largest absolute Gasteiger partial charge is 0.326 e. The highest BCUT2D eigenvalue weighted by atomic mass is 19.1. The molecular formula is C17H14FN3O. The zero-order valence-electron chi connectivity index (χ0n) is 11.9. The molecule has 0 amide bonds. The Morgan fingerprint density at radius 2 is 1.86 bits per heavy atom. The van der Waals surface area contributed by atoms with Gasteiger partial charge in [0.25, 0.3) is 5.56 Å². The first-order chi connectivity index (χ1) is 10.6. The number of anilines is 2. The Balaban J connectivity index is 1.96. The molecule has 0 aliphatic carbocycles. The molecule has 0 atom stereocenters. The molecule has 1 heterocycles. The number of hydrogen-bond acceptors (Lipinski definition) is 3. The fourth-order valence-electron chi connectivity index (χ4n) is 2.09. The SMILES string of the molecule is Cc1ccc(-c2cc(=O)[nH]c(Nc3cccc(F)c3)n2)cc1. The third-order valence-electron chi connectivity index (χ3n) is 3.18. The smallest absolute Gasteiger partial charge is 0.252 e. The van der Waals surface area contributed by atoms with Crippen LogP contribution in [-0.4, -0.2) is 9.97 Å². The van der Waals surface area contributed by atoms with Crippen LogP contribution in [0.15, 0.2) is 59.4 Å². The van der Waals surface area contributed by atoms with E-state index in [0.29, 0.717) is 11.4 Å². The van der Waals surface area contributed by atoms with Crippen molar-refractivity contribution in [2.75, 3.05) is 5.32 Å². The highest BCUT2D eigenvalue weighted by Crippen LogP contribution is 2.19. The molecule has 0 aliphatic rings. The summed E-state index contributed by atoms with van der Waals surface area (Å²) in [5, 5.41) is 2.90. The van der Waals surface area contributed by atoms with Gasteiger partial charge in [0.1, 0.15) is 5.82 Å². The normalized spacial score (nSPS) is 10.5. The maximum Gasteiger partial charge on any atom is 0.252 e. The van der Waals surface area contributed by atoms with Gasteiger partial charge in [0, 0.05) is 17.3 Å². The second kappa shape index (κ2) is 5.81. The molecule has 0 radical (unpaired) electrons. The zero-order valence-corrected chi connectivity index (χ0v) is 11.9. The van der Waals surface area contributed by atoms with E-state index in [-0.39, 0.29) is 17.3 Å². The van der Waals surface area contributed by atoms with Crippen LogP contribution in [0.3, 0.4) is 0 Å². The Bertz CT molecular complexity index is 856. The summed E-state index contributed by atoms with van der Waals surface area (Å²) in [5.41, 5.74) is 2.78. The van der Waals surface area contributed by atoms with Gasteiger partial charge in [0.15, 0.2) is 0 Å². The molecular weight excluding hydrogens is 281 g/mol. The lowest BCUT2D eigenvalue weighted by atomic mass is 10.1. The van der Waals surface area contributed by atoms with Crippen molar-refractivity contribution in [3.63, 3.8) is 0 Å². The van der Waals surface area contributed by atoms with E-state index in [2.05, 4.69) is 15.3 Å². The summed E-state index contributed by atoms with van der Waals surface area (Å²) in [6.07, 6.45) is 0. The Kier molecular flexibility index (Phi) is 3.70. The summed E-state index contributed by atoms with van der Waals surface area (Å²) >= 11 is 0. The zero-order chi connectivity index (χ0) is 15.5. The van der Waals surface area contributed by atoms with Crippen LogP contribution in [0.5, 0.6) is 0 Å². The maximum absolute atomic E-state index is 13.2. The van der Waals surface area contributed by atoms with E-state index in [1.165, 1.54) is 18.2 Å². The number of hydrogen-bond donors (Lipinski definition) is 2. The first-order valence-corrected chi connectivity index (χ1v) is 6.81. The van der Waals surface area contributed by atoms with E-state index in [9.17, 15) is 9.18 Å². The van der Waals surface area contributed by atoms with Gasteiger partial charge in [-0.1, -0.05) is 35.9 Å². The van der Waals surface area contributed by atoms with E-state index in [0.717, 1.165) is 11.1 Å². The topological polar surface area (TPSA) is 57.8 Å². The molecule has 0 fully saturated rings. The number of aromatic amines is 1. The second-order valence-corrected chi connectivity index (χ2v) is 4.98. The van der Waals surface area contributed by atoms with Gasteiger partial charge in [-0.25, -0.2) is 9.37 Å². The van der Waals surface area contributed by atoms with Gasteiger partial charge in [0.05, 0.1) is 5.69 Å². The summed E-state index contributed by atoms with van der Waals surface area (Å²) in [5.74, 6) is -0.0873. The monoisotopic (exact) mass is 295 g/mol. The highest BCUT2D eigenvalue weighted by Gasteiger charge is 2.05. The molecule has 0 bridgehead atoms. The molecule has 22 heavy (non-hydrogen) atoms. The molecule has 3 aromatic rings. The van der Waals surface area contributed by atoms with Crippen molar-refractivity contribution in [2.45, 2.75) is 6.92 Å². The first kappa shape index (κ1) is 14.0. The van der Waals surface area contributed by atoms with E-state index >= 15 is 0 Å². The minimum absolute atomic E-state index is 0.272. The molecule has 0 aliphatic heterocycles. The minimum atomic E-state index is -0.359. The van der Waals surface area contributed by atoms with Gasteiger partial charge >= 0.3 is 0 Å². The van der Waals surface area contributed by atoms with E-state index in [4.69, 9.17) is 0 Å². The Morgan fingerprint density at radius 3 is 2.59 bits per heavy atom. The third kappa shape index (κ3) is 3.20. The van der Waals surface area contributed by atoms with Crippen molar-refractivity contribution in [3.8, 4) is 11.3 Å². The standard InChI is InChI=1S/C17H14FN3O/c1-11-5-7-12(8-6-11)15-10-16(22)21-17(20-15)19-14-4-2-3-13(18)9-14/h2-10H,1H3,(H2,19,20,21,22). The van der Waals surface area contributed by atoms with Gasteiger partial charge in [-0.3, -0.25) is 9.78 Å². The molecule has 3 rings (SSSR count). The van der Waals surface area contributed by atoms with Crippen LogP contribution in [0.4, 0.5) is 16.0 Å². The lowest BCUT2D eigenvalue weighted by molar-refractivity contribution is 0.628. The molecule has 0 unspecified atom stereocenters. The number of benzene rings is 2. The highest BCUT2D eigenvalue weighted by molar-refractivity contribution is 5.62. The van der Waals surface area contributed by atoms with Crippen molar-refractivity contribution in [2.24, 2.45) is 0 Å². The molecule has 2 aromatic carbocycles. The summed E-state index contributed by atoms with van der Waals surface area (Å²) in [4.78, 5) is 18.8. The van der Waals surface area contributed by atoms with Gasteiger partial charge in [-0.15, -0.1) is 0 Å². The van der Waals surface area contributed by atoms with Crippen LogP contribution in [0.25, 0.3) is 11.3 Å². The van der Waals surface area contributed by atoms with Crippen LogP contribution in [0.1, 0.15) is 5.56 Å². The molecule has 0 saturated heterocycles. The Labute approximate surface area is 126 Å². The number of aryl methyl sites for hydroxylation is 1. The van der Waals surface area contributed by atoms with Gasteiger partial charge in [-0.05, 0) is 25.1 Å². The first-order valence-electron chi connectivity index (χ1n) is 6.81. The van der Waals surface area contributed by atoms with Crippen LogP contribution >= 0.6 is 0 Å². The number of nitrogens with zero attached hydrogens (tertiary/aromatic N) is 1. The number of aromatic nitrogens is 2. The fraction of sp³-hybridized carbons (Fsp3) is 0.0588. The lowest BCUT2D eigenvalue weighted by Gasteiger charge is -2.07. The molecule has 4 nitrogen and oxygen atoms in total.